The van der Waals surface area contributed by atoms with Crippen molar-refractivity contribution in [3.8, 4) is 11.6 Å². The van der Waals surface area contributed by atoms with Gasteiger partial charge in [0.05, 0.1) is 11.9 Å². The summed E-state index contributed by atoms with van der Waals surface area (Å²) in [5.41, 5.74) is 7.44. The molecule has 0 aliphatic heterocycles. The summed E-state index contributed by atoms with van der Waals surface area (Å²) in [4.78, 5) is 0. The number of rotatable bonds is 2. The molecule has 0 saturated carbocycles. The monoisotopic (exact) mass is 254 g/mol. The van der Waals surface area contributed by atoms with Crippen LogP contribution in [0.4, 0.5) is 5.69 Å². The van der Waals surface area contributed by atoms with E-state index in [0.29, 0.717) is 17.6 Å². The number of hydrogen-bond donors (Lipinski definition) is 3. The number of fused-ring (bicyclic) bond motifs is 1. The van der Waals surface area contributed by atoms with Crippen LogP contribution in [0.15, 0.2) is 48.7 Å². The second kappa shape index (κ2) is 4.24. The summed E-state index contributed by atoms with van der Waals surface area (Å²) in [6, 6.07) is 12.5. The molecule has 0 radical (unpaired) electrons. The Labute approximate surface area is 110 Å². The van der Waals surface area contributed by atoms with Crippen molar-refractivity contribution in [3.05, 3.63) is 54.2 Å². The van der Waals surface area contributed by atoms with Crippen molar-refractivity contribution < 1.29 is 10.2 Å². The van der Waals surface area contributed by atoms with Gasteiger partial charge in [-0.3, -0.25) is 0 Å². The standard InChI is InChI=1S/C15H14N2O2/c16-13-3-1-2-11-9-17(15(19)14(11)13)8-10-4-6-12(18)7-5-10/h1-7,9,18-19H,8,16H2. The van der Waals surface area contributed by atoms with E-state index in [1.807, 2.05) is 30.5 Å². The first kappa shape index (κ1) is 11.5. The Morgan fingerprint density at radius 2 is 1.74 bits per heavy atom. The number of nitrogen functional groups attached to an aromatic ring is 1. The lowest BCUT2D eigenvalue weighted by Gasteiger charge is -2.05. The molecule has 0 bridgehead atoms. The Hall–Kier alpha value is -2.62. The maximum atomic E-state index is 10.2. The van der Waals surface area contributed by atoms with E-state index in [9.17, 15) is 10.2 Å². The Morgan fingerprint density at radius 3 is 2.42 bits per heavy atom. The van der Waals surface area contributed by atoms with Gasteiger partial charge in [-0.05, 0) is 23.8 Å². The minimum Gasteiger partial charge on any atom is -0.508 e. The van der Waals surface area contributed by atoms with E-state index in [1.54, 1.807) is 22.8 Å². The lowest BCUT2D eigenvalue weighted by Crippen LogP contribution is -1.96. The van der Waals surface area contributed by atoms with Crippen LogP contribution in [0.5, 0.6) is 11.6 Å². The van der Waals surface area contributed by atoms with Crippen LogP contribution in [0.25, 0.3) is 10.8 Å². The second-order valence-corrected chi connectivity index (χ2v) is 4.56. The summed E-state index contributed by atoms with van der Waals surface area (Å²) >= 11 is 0. The highest BCUT2D eigenvalue weighted by atomic mass is 16.3. The molecule has 0 spiro atoms. The average Bonchev–Trinajstić information content (AvgIpc) is 2.71. The van der Waals surface area contributed by atoms with Crippen molar-refractivity contribution in [1.29, 1.82) is 0 Å². The van der Waals surface area contributed by atoms with Gasteiger partial charge in [0.25, 0.3) is 0 Å². The summed E-state index contributed by atoms with van der Waals surface area (Å²) in [5.74, 6) is 0.399. The van der Waals surface area contributed by atoms with Gasteiger partial charge in [0.15, 0.2) is 0 Å². The first-order valence-electron chi connectivity index (χ1n) is 5.99. The first-order chi connectivity index (χ1) is 9.15. The van der Waals surface area contributed by atoms with Crippen LogP contribution in [-0.4, -0.2) is 14.8 Å². The molecular formula is C15H14N2O2. The van der Waals surface area contributed by atoms with E-state index in [0.717, 1.165) is 10.9 Å². The number of anilines is 1. The molecule has 1 heterocycles. The van der Waals surface area contributed by atoms with Crippen LogP contribution >= 0.6 is 0 Å². The number of nitrogens with zero attached hydrogens (tertiary/aromatic N) is 1. The average molecular weight is 254 g/mol. The molecule has 0 aliphatic carbocycles. The zero-order valence-corrected chi connectivity index (χ0v) is 10.2. The van der Waals surface area contributed by atoms with Crippen molar-refractivity contribution >= 4 is 16.5 Å². The van der Waals surface area contributed by atoms with Gasteiger partial charge in [0, 0.05) is 17.3 Å². The Bertz CT molecular complexity index is 730. The number of phenolic OH excluding ortho intramolecular Hbond substituents is 1. The number of aromatic nitrogens is 1. The minimum absolute atomic E-state index is 0.168. The highest BCUT2D eigenvalue weighted by Crippen LogP contribution is 2.32. The third-order valence-electron chi connectivity index (χ3n) is 3.21. The second-order valence-electron chi connectivity index (χ2n) is 4.56. The Morgan fingerprint density at radius 1 is 1.00 bits per heavy atom. The van der Waals surface area contributed by atoms with Crippen LogP contribution in [0, 0.1) is 0 Å². The van der Waals surface area contributed by atoms with E-state index < -0.39 is 0 Å². The molecule has 1 aromatic heterocycles. The normalized spacial score (nSPS) is 10.9. The number of hydrogen-bond acceptors (Lipinski definition) is 3. The van der Waals surface area contributed by atoms with Crippen molar-refractivity contribution in [3.63, 3.8) is 0 Å². The fraction of sp³-hybridized carbons (Fsp3) is 0.0667. The molecule has 4 nitrogen and oxygen atoms in total. The number of aromatic hydroxyl groups is 2. The van der Waals surface area contributed by atoms with Crippen LogP contribution in [-0.2, 0) is 6.54 Å². The maximum absolute atomic E-state index is 10.2. The first-order valence-corrected chi connectivity index (χ1v) is 5.99. The van der Waals surface area contributed by atoms with E-state index in [-0.39, 0.29) is 11.6 Å². The summed E-state index contributed by atoms with van der Waals surface area (Å²) in [5, 5.41) is 21.1. The predicted octanol–water partition coefficient (Wildman–Crippen LogP) is 2.68. The molecule has 0 amide bonds. The highest BCUT2D eigenvalue weighted by Gasteiger charge is 2.10. The molecule has 3 aromatic rings. The van der Waals surface area contributed by atoms with Crippen molar-refractivity contribution in [2.24, 2.45) is 0 Å². The van der Waals surface area contributed by atoms with Crippen molar-refractivity contribution in [2.45, 2.75) is 6.54 Å². The molecule has 0 saturated heterocycles. The third kappa shape index (κ3) is 1.97. The SMILES string of the molecule is Nc1cccc2cn(Cc3ccc(O)cc3)c(O)c12. The summed E-state index contributed by atoms with van der Waals surface area (Å²) in [6.07, 6.45) is 1.87. The molecule has 0 unspecified atom stereocenters. The lowest BCUT2D eigenvalue weighted by atomic mass is 10.2. The molecule has 4 N–H and O–H groups in total. The van der Waals surface area contributed by atoms with Gasteiger partial charge in [-0.1, -0.05) is 24.3 Å². The Kier molecular flexibility index (Phi) is 2.56. The fourth-order valence-electron chi connectivity index (χ4n) is 2.25. The molecule has 96 valence electrons. The van der Waals surface area contributed by atoms with Gasteiger partial charge in [0.2, 0.25) is 5.88 Å². The van der Waals surface area contributed by atoms with E-state index in [4.69, 9.17) is 5.73 Å². The molecule has 3 rings (SSSR count). The summed E-state index contributed by atoms with van der Waals surface area (Å²) in [7, 11) is 0. The molecule has 0 aliphatic rings. The highest BCUT2D eigenvalue weighted by molar-refractivity contribution is 5.97. The van der Waals surface area contributed by atoms with Gasteiger partial charge in [-0.25, -0.2) is 0 Å². The summed E-state index contributed by atoms with van der Waals surface area (Å²) in [6.45, 7) is 0.528. The predicted molar refractivity (Wildman–Crippen MR) is 75.2 cm³/mol. The summed E-state index contributed by atoms with van der Waals surface area (Å²) < 4.78 is 1.74. The molecule has 0 fully saturated rings. The number of nitrogens with two attached hydrogens (primary N) is 1. The zero-order chi connectivity index (χ0) is 13.4. The molecule has 4 heteroatoms. The topological polar surface area (TPSA) is 71.4 Å². The maximum Gasteiger partial charge on any atom is 0.201 e. The van der Waals surface area contributed by atoms with E-state index >= 15 is 0 Å². The molecule has 2 aromatic carbocycles. The quantitative estimate of drug-likeness (QED) is 0.616. The van der Waals surface area contributed by atoms with Gasteiger partial charge < -0.3 is 20.5 Å². The van der Waals surface area contributed by atoms with Gasteiger partial charge in [0.1, 0.15) is 5.75 Å². The zero-order valence-electron chi connectivity index (χ0n) is 10.2. The van der Waals surface area contributed by atoms with Gasteiger partial charge >= 0.3 is 0 Å². The largest absolute Gasteiger partial charge is 0.508 e. The molecule has 19 heavy (non-hydrogen) atoms. The lowest BCUT2D eigenvalue weighted by molar-refractivity contribution is 0.430. The molecule has 0 atom stereocenters. The van der Waals surface area contributed by atoms with Crippen LogP contribution < -0.4 is 5.73 Å². The van der Waals surface area contributed by atoms with E-state index in [2.05, 4.69) is 0 Å². The smallest absolute Gasteiger partial charge is 0.201 e. The number of benzene rings is 2. The van der Waals surface area contributed by atoms with Crippen LogP contribution in [0.3, 0.4) is 0 Å². The van der Waals surface area contributed by atoms with Gasteiger partial charge in [-0.2, -0.15) is 0 Å². The van der Waals surface area contributed by atoms with Crippen molar-refractivity contribution in [2.75, 3.05) is 5.73 Å². The van der Waals surface area contributed by atoms with Crippen LogP contribution in [0.1, 0.15) is 5.56 Å². The fourth-order valence-corrected chi connectivity index (χ4v) is 2.25. The van der Waals surface area contributed by atoms with Gasteiger partial charge in [-0.15, -0.1) is 0 Å². The van der Waals surface area contributed by atoms with E-state index in [1.165, 1.54) is 0 Å². The third-order valence-corrected chi connectivity index (χ3v) is 3.21. The number of phenols is 1. The minimum atomic E-state index is 0.168. The Balaban J connectivity index is 2.04. The van der Waals surface area contributed by atoms with Crippen LogP contribution in [0.2, 0.25) is 0 Å². The molecular weight excluding hydrogens is 240 g/mol. The van der Waals surface area contributed by atoms with Crippen molar-refractivity contribution in [1.82, 2.24) is 4.57 Å².